The number of hydrogen-bond donors (Lipinski definition) is 1. The molecule has 1 aromatic heterocycles. The molecule has 0 aliphatic carbocycles. The van der Waals surface area contributed by atoms with Crippen LogP contribution in [0.3, 0.4) is 0 Å². The van der Waals surface area contributed by atoms with E-state index in [0.717, 1.165) is 36.7 Å². The molecule has 0 aliphatic rings. The molecule has 0 aromatic carbocycles. The molecule has 3 nitrogen and oxygen atoms in total. The van der Waals surface area contributed by atoms with E-state index in [2.05, 4.69) is 36.1 Å². The maximum atomic E-state index is 5.79. The molecule has 0 saturated heterocycles. The third-order valence-corrected chi connectivity index (χ3v) is 3.33. The van der Waals surface area contributed by atoms with Crippen LogP contribution in [0.15, 0.2) is 6.07 Å². The summed E-state index contributed by atoms with van der Waals surface area (Å²) in [5, 5.41) is 3.34. The van der Waals surface area contributed by atoms with Crippen LogP contribution in [0, 0.1) is 12.8 Å². The van der Waals surface area contributed by atoms with Crippen molar-refractivity contribution in [1.29, 1.82) is 0 Å². The van der Waals surface area contributed by atoms with E-state index in [4.69, 9.17) is 11.6 Å². The summed E-state index contributed by atoms with van der Waals surface area (Å²) in [7, 11) is 0. The maximum Gasteiger partial charge on any atom is 0.223 e. The Labute approximate surface area is 115 Å². The highest BCUT2D eigenvalue weighted by atomic mass is 35.5. The van der Waals surface area contributed by atoms with Crippen LogP contribution in [0.5, 0.6) is 0 Å². The minimum absolute atomic E-state index is 0.428. The van der Waals surface area contributed by atoms with E-state index in [-0.39, 0.29) is 0 Å². The molecule has 18 heavy (non-hydrogen) atoms. The average Bonchev–Trinajstić information content (AvgIpc) is 2.33. The highest BCUT2D eigenvalue weighted by molar-refractivity contribution is 6.17. The second-order valence-electron chi connectivity index (χ2n) is 5.05. The van der Waals surface area contributed by atoms with Gasteiger partial charge in [0.2, 0.25) is 5.95 Å². The number of aromatic nitrogens is 2. The van der Waals surface area contributed by atoms with E-state index in [1.165, 1.54) is 0 Å². The largest absolute Gasteiger partial charge is 0.354 e. The van der Waals surface area contributed by atoms with E-state index in [9.17, 15) is 0 Å². The lowest BCUT2D eigenvalue weighted by Gasteiger charge is -2.15. The number of aryl methyl sites for hydroxylation is 1. The molecule has 4 heteroatoms. The summed E-state index contributed by atoms with van der Waals surface area (Å²) in [6.45, 7) is 9.39. The summed E-state index contributed by atoms with van der Waals surface area (Å²) in [6.07, 6.45) is 2.16. The molecule has 1 aromatic rings. The van der Waals surface area contributed by atoms with Gasteiger partial charge in [0, 0.05) is 23.8 Å². The lowest BCUT2D eigenvalue weighted by molar-refractivity contribution is 0.520. The zero-order chi connectivity index (χ0) is 13.5. The first-order valence-electron chi connectivity index (χ1n) is 6.72. The number of hydrogen-bond acceptors (Lipinski definition) is 3. The number of nitrogens with zero attached hydrogens (tertiary/aromatic N) is 2. The first-order valence-corrected chi connectivity index (χ1v) is 7.25. The molecule has 1 rings (SSSR count). The van der Waals surface area contributed by atoms with Gasteiger partial charge in [-0.25, -0.2) is 9.97 Å². The molecule has 0 bridgehead atoms. The van der Waals surface area contributed by atoms with Gasteiger partial charge in [-0.1, -0.05) is 27.2 Å². The lowest BCUT2D eigenvalue weighted by Crippen LogP contribution is -2.16. The van der Waals surface area contributed by atoms with Crippen LogP contribution in [-0.4, -0.2) is 22.4 Å². The van der Waals surface area contributed by atoms with Gasteiger partial charge in [0.15, 0.2) is 0 Å². The maximum absolute atomic E-state index is 5.79. The summed E-state index contributed by atoms with van der Waals surface area (Å²) in [5.74, 6) is 2.48. The first-order chi connectivity index (χ1) is 8.56. The standard InChI is InChI=1S/C14H24ClN3/c1-5-12(6-7-15)9-16-14-17-11(4)8-13(18-14)10(2)3/h8,10,12H,5-7,9H2,1-4H3,(H,16,17,18). The van der Waals surface area contributed by atoms with Gasteiger partial charge in [-0.2, -0.15) is 0 Å². The first kappa shape index (κ1) is 15.2. The van der Waals surface area contributed by atoms with E-state index < -0.39 is 0 Å². The van der Waals surface area contributed by atoms with Crippen molar-refractivity contribution in [3.8, 4) is 0 Å². The van der Waals surface area contributed by atoms with E-state index in [1.54, 1.807) is 0 Å². The minimum atomic E-state index is 0.428. The Morgan fingerprint density at radius 2 is 2.06 bits per heavy atom. The summed E-state index contributed by atoms with van der Waals surface area (Å²) in [4.78, 5) is 8.97. The van der Waals surface area contributed by atoms with Gasteiger partial charge in [-0.15, -0.1) is 11.6 Å². The molecule has 0 aliphatic heterocycles. The summed E-state index contributed by atoms with van der Waals surface area (Å²) >= 11 is 5.79. The van der Waals surface area contributed by atoms with E-state index in [0.29, 0.717) is 17.7 Å². The van der Waals surface area contributed by atoms with Gasteiger partial charge in [-0.05, 0) is 31.2 Å². The average molecular weight is 270 g/mol. The van der Waals surface area contributed by atoms with Crippen molar-refractivity contribution < 1.29 is 0 Å². The fraction of sp³-hybridized carbons (Fsp3) is 0.714. The number of alkyl halides is 1. The lowest BCUT2D eigenvalue weighted by atomic mass is 10.0. The Kier molecular flexibility index (Phi) is 6.41. The number of halogens is 1. The van der Waals surface area contributed by atoms with Gasteiger partial charge < -0.3 is 5.32 Å². The van der Waals surface area contributed by atoms with Gasteiger partial charge in [0.25, 0.3) is 0 Å². The molecular formula is C14H24ClN3. The Balaban J connectivity index is 2.66. The van der Waals surface area contributed by atoms with Crippen LogP contribution in [-0.2, 0) is 0 Å². The van der Waals surface area contributed by atoms with Gasteiger partial charge in [0.1, 0.15) is 0 Å². The molecule has 1 atom stereocenters. The molecular weight excluding hydrogens is 246 g/mol. The third-order valence-electron chi connectivity index (χ3n) is 3.11. The topological polar surface area (TPSA) is 37.8 Å². The van der Waals surface area contributed by atoms with Crippen molar-refractivity contribution in [3.05, 3.63) is 17.5 Å². The monoisotopic (exact) mass is 269 g/mol. The number of nitrogens with one attached hydrogen (secondary N) is 1. The molecule has 1 unspecified atom stereocenters. The predicted octanol–water partition coefficient (Wildman–Crippen LogP) is 3.98. The van der Waals surface area contributed by atoms with Crippen LogP contribution in [0.1, 0.15) is 50.9 Å². The Hall–Kier alpha value is -0.830. The van der Waals surface area contributed by atoms with Crippen molar-refractivity contribution in [3.63, 3.8) is 0 Å². The Bertz CT molecular complexity index is 366. The number of anilines is 1. The zero-order valence-corrected chi connectivity index (χ0v) is 12.6. The number of rotatable bonds is 7. The molecule has 0 spiro atoms. The van der Waals surface area contributed by atoms with E-state index >= 15 is 0 Å². The Morgan fingerprint density at radius 3 is 2.61 bits per heavy atom. The van der Waals surface area contributed by atoms with Crippen molar-refractivity contribution >= 4 is 17.5 Å². The molecule has 0 saturated carbocycles. The normalized spacial score (nSPS) is 12.8. The molecule has 102 valence electrons. The fourth-order valence-corrected chi connectivity index (χ4v) is 2.12. The van der Waals surface area contributed by atoms with Crippen LogP contribution in [0.4, 0.5) is 5.95 Å². The van der Waals surface area contributed by atoms with Crippen LogP contribution in [0.25, 0.3) is 0 Å². The molecule has 0 radical (unpaired) electrons. The smallest absolute Gasteiger partial charge is 0.223 e. The minimum Gasteiger partial charge on any atom is -0.354 e. The SMILES string of the molecule is CCC(CCCl)CNc1nc(C)cc(C(C)C)n1. The highest BCUT2D eigenvalue weighted by Crippen LogP contribution is 2.15. The van der Waals surface area contributed by atoms with Crippen LogP contribution in [0.2, 0.25) is 0 Å². The predicted molar refractivity (Wildman–Crippen MR) is 78.5 cm³/mol. The molecule has 0 fully saturated rings. The van der Waals surface area contributed by atoms with Gasteiger partial charge >= 0.3 is 0 Å². The summed E-state index contributed by atoms with van der Waals surface area (Å²) in [5.41, 5.74) is 2.11. The van der Waals surface area contributed by atoms with E-state index in [1.807, 2.05) is 13.0 Å². The van der Waals surface area contributed by atoms with Crippen LogP contribution < -0.4 is 5.32 Å². The molecule has 1 heterocycles. The zero-order valence-electron chi connectivity index (χ0n) is 11.8. The van der Waals surface area contributed by atoms with Crippen molar-refractivity contribution in [2.45, 2.75) is 46.5 Å². The van der Waals surface area contributed by atoms with Crippen molar-refractivity contribution in [2.75, 3.05) is 17.7 Å². The summed E-state index contributed by atoms with van der Waals surface area (Å²) < 4.78 is 0. The van der Waals surface area contributed by atoms with Crippen molar-refractivity contribution in [2.24, 2.45) is 5.92 Å². The molecule has 1 N–H and O–H groups in total. The Morgan fingerprint density at radius 1 is 1.33 bits per heavy atom. The quantitative estimate of drug-likeness (QED) is 0.761. The third kappa shape index (κ3) is 4.81. The van der Waals surface area contributed by atoms with Gasteiger partial charge in [-0.3, -0.25) is 0 Å². The molecule has 0 amide bonds. The van der Waals surface area contributed by atoms with Gasteiger partial charge in [0.05, 0.1) is 0 Å². The summed E-state index contributed by atoms with van der Waals surface area (Å²) in [6, 6.07) is 2.05. The second-order valence-corrected chi connectivity index (χ2v) is 5.42. The second kappa shape index (κ2) is 7.57. The van der Waals surface area contributed by atoms with Crippen molar-refractivity contribution in [1.82, 2.24) is 9.97 Å². The van der Waals surface area contributed by atoms with Crippen LogP contribution >= 0.6 is 11.6 Å². The highest BCUT2D eigenvalue weighted by Gasteiger charge is 2.08. The fourth-order valence-electron chi connectivity index (χ4n) is 1.81.